The van der Waals surface area contributed by atoms with Gasteiger partial charge in [-0.1, -0.05) is 19.3 Å². The summed E-state index contributed by atoms with van der Waals surface area (Å²) < 4.78 is 54.8. The van der Waals surface area contributed by atoms with Gasteiger partial charge in [-0.05, 0) is 37.1 Å². The number of fused-ring (bicyclic) bond motifs is 1. The predicted octanol–water partition coefficient (Wildman–Crippen LogP) is 3.42. The Bertz CT molecular complexity index is 814. The Hall–Kier alpha value is -2.53. The first-order valence-electron chi connectivity index (χ1n) is 10.7. The largest absolute Gasteiger partial charge is 0.441 e. The number of carbonyl (C=O) groups excluding carboxylic acids is 2. The fraction of sp³-hybridized carbons (Fsp3) is 0.619. The first-order chi connectivity index (χ1) is 15.3. The van der Waals surface area contributed by atoms with E-state index in [0.29, 0.717) is 0 Å². The lowest BCUT2D eigenvalue weighted by molar-refractivity contribution is -0.137. The first kappa shape index (κ1) is 22.7. The van der Waals surface area contributed by atoms with E-state index < -0.39 is 48.2 Å². The second kappa shape index (κ2) is 9.53. The van der Waals surface area contributed by atoms with Crippen LogP contribution in [-0.4, -0.2) is 55.7 Å². The molecule has 4 rings (SSSR count). The number of alkyl carbamates (subject to hydrolysis) is 1. The molecule has 1 saturated carbocycles. The Morgan fingerprint density at radius 2 is 1.62 bits per heavy atom. The van der Waals surface area contributed by atoms with E-state index >= 15 is 0 Å². The molecule has 0 spiro atoms. The van der Waals surface area contributed by atoms with Gasteiger partial charge in [-0.3, -0.25) is 0 Å². The van der Waals surface area contributed by atoms with E-state index in [1.165, 1.54) is 18.6 Å². The third kappa shape index (κ3) is 5.44. The molecule has 11 heteroatoms. The van der Waals surface area contributed by atoms with Crippen LogP contribution in [0.5, 0.6) is 0 Å². The normalized spacial score (nSPS) is 28.1. The third-order valence-electron chi connectivity index (χ3n) is 5.98. The lowest BCUT2D eigenvalue weighted by atomic mass is 9.96. The van der Waals surface area contributed by atoms with Gasteiger partial charge < -0.3 is 30.2 Å². The van der Waals surface area contributed by atoms with E-state index in [9.17, 15) is 22.8 Å². The van der Waals surface area contributed by atoms with Gasteiger partial charge in [0.1, 0.15) is 12.2 Å². The van der Waals surface area contributed by atoms with Crippen LogP contribution in [0, 0.1) is 0 Å². The Balaban J connectivity index is 1.24. The molecule has 4 unspecified atom stereocenters. The molecule has 8 nitrogen and oxygen atoms in total. The minimum Gasteiger partial charge on any atom is -0.441 e. The van der Waals surface area contributed by atoms with Crippen molar-refractivity contribution in [3.8, 4) is 0 Å². The highest BCUT2D eigenvalue weighted by molar-refractivity contribution is 5.89. The molecule has 2 aliphatic heterocycles. The molecule has 3 N–H and O–H groups in total. The van der Waals surface area contributed by atoms with Crippen molar-refractivity contribution in [3.05, 3.63) is 29.8 Å². The molecular weight excluding hydrogens is 431 g/mol. The lowest BCUT2D eigenvalue weighted by Crippen LogP contribution is -2.46. The minimum absolute atomic E-state index is 0.127. The number of benzene rings is 1. The van der Waals surface area contributed by atoms with Crippen molar-refractivity contribution < 1.29 is 37.0 Å². The van der Waals surface area contributed by atoms with Crippen LogP contribution in [0.1, 0.15) is 37.7 Å². The number of carbonyl (C=O) groups is 2. The highest BCUT2D eigenvalue weighted by Crippen LogP contribution is 2.31. The molecule has 3 amide bonds. The Kier molecular flexibility index (Phi) is 6.75. The van der Waals surface area contributed by atoms with Gasteiger partial charge in [0.05, 0.1) is 24.8 Å². The number of halogens is 3. The summed E-state index contributed by atoms with van der Waals surface area (Å²) in [5.41, 5.74) is -0.577. The van der Waals surface area contributed by atoms with Crippen LogP contribution in [-0.2, 0) is 20.4 Å². The highest BCUT2D eigenvalue weighted by Gasteiger charge is 2.50. The number of ether oxygens (including phenoxy) is 3. The quantitative estimate of drug-likeness (QED) is 0.644. The molecule has 0 radical (unpaired) electrons. The maximum absolute atomic E-state index is 12.6. The average molecular weight is 457 g/mol. The molecule has 1 aromatic rings. The van der Waals surface area contributed by atoms with Crippen LogP contribution in [0.3, 0.4) is 0 Å². The van der Waals surface area contributed by atoms with Gasteiger partial charge in [0, 0.05) is 11.7 Å². The Morgan fingerprint density at radius 1 is 0.938 bits per heavy atom. The average Bonchev–Trinajstić information content (AvgIpc) is 3.32. The van der Waals surface area contributed by atoms with E-state index in [4.69, 9.17) is 14.2 Å². The highest BCUT2D eigenvalue weighted by atomic mass is 19.4. The van der Waals surface area contributed by atoms with Gasteiger partial charge in [0.2, 0.25) is 0 Å². The van der Waals surface area contributed by atoms with Crippen LogP contribution in [0.15, 0.2) is 24.3 Å². The molecule has 1 aliphatic carbocycles. The molecule has 2 saturated heterocycles. The number of urea groups is 1. The fourth-order valence-electron chi connectivity index (χ4n) is 4.35. The smallest absolute Gasteiger partial charge is 0.416 e. The number of amides is 3. The number of nitrogens with one attached hydrogen (secondary N) is 3. The summed E-state index contributed by atoms with van der Waals surface area (Å²) in [7, 11) is 0. The van der Waals surface area contributed by atoms with Crippen LogP contribution in [0.4, 0.5) is 28.4 Å². The van der Waals surface area contributed by atoms with Crippen LogP contribution >= 0.6 is 0 Å². The molecule has 3 fully saturated rings. The molecule has 1 aromatic carbocycles. The van der Waals surface area contributed by atoms with E-state index in [1.807, 2.05) is 0 Å². The van der Waals surface area contributed by atoms with Crippen LogP contribution in [0.2, 0.25) is 0 Å². The maximum atomic E-state index is 12.6. The summed E-state index contributed by atoms with van der Waals surface area (Å²) >= 11 is 0. The van der Waals surface area contributed by atoms with Gasteiger partial charge in [0.15, 0.2) is 6.10 Å². The summed E-state index contributed by atoms with van der Waals surface area (Å²) in [6.45, 7) is 0.325. The van der Waals surface area contributed by atoms with Crippen molar-refractivity contribution in [2.75, 3.05) is 18.5 Å². The zero-order valence-corrected chi connectivity index (χ0v) is 17.3. The molecule has 176 valence electrons. The van der Waals surface area contributed by atoms with Crippen molar-refractivity contribution in [1.29, 1.82) is 0 Å². The monoisotopic (exact) mass is 457 g/mol. The zero-order valence-electron chi connectivity index (χ0n) is 17.3. The SMILES string of the molecule is O=C(Nc1ccc(C(F)(F)F)cc1)NC1COC2C(OC(=O)NC3CCCCC3)COC12. The second-order valence-corrected chi connectivity index (χ2v) is 8.30. The zero-order chi connectivity index (χ0) is 22.7. The molecule has 0 bridgehead atoms. The Morgan fingerprint density at radius 3 is 2.31 bits per heavy atom. The van der Waals surface area contributed by atoms with Gasteiger partial charge in [-0.2, -0.15) is 13.2 Å². The van der Waals surface area contributed by atoms with Crippen molar-refractivity contribution in [3.63, 3.8) is 0 Å². The topological polar surface area (TPSA) is 97.9 Å². The van der Waals surface area contributed by atoms with E-state index in [-0.39, 0.29) is 24.9 Å². The van der Waals surface area contributed by atoms with E-state index in [2.05, 4.69) is 16.0 Å². The third-order valence-corrected chi connectivity index (χ3v) is 5.98. The maximum Gasteiger partial charge on any atom is 0.416 e. The van der Waals surface area contributed by atoms with Crippen molar-refractivity contribution in [2.24, 2.45) is 0 Å². The number of hydrogen-bond donors (Lipinski definition) is 3. The van der Waals surface area contributed by atoms with Gasteiger partial charge in [-0.15, -0.1) is 0 Å². The van der Waals surface area contributed by atoms with Crippen LogP contribution < -0.4 is 16.0 Å². The number of rotatable bonds is 4. The first-order valence-corrected chi connectivity index (χ1v) is 10.7. The van der Waals surface area contributed by atoms with Crippen LogP contribution in [0.25, 0.3) is 0 Å². The summed E-state index contributed by atoms with van der Waals surface area (Å²) in [4.78, 5) is 24.5. The van der Waals surface area contributed by atoms with Gasteiger partial charge in [-0.25, -0.2) is 9.59 Å². The summed E-state index contributed by atoms with van der Waals surface area (Å²) in [5, 5.41) is 8.08. The minimum atomic E-state index is -4.44. The van der Waals surface area contributed by atoms with Gasteiger partial charge >= 0.3 is 18.3 Å². The molecule has 2 heterocycles. The Labute approximate surface area is 183 Å². The summed E-state index contributed by atoms with van der Waals surface area (Å²) in [6, 6.07) is 3.19. The fourth-order valence-corrected chi connectivity index (χ4v) is 4.35. The molecule has 0 aromatic heterocycles. The molecule has 4 atom stereocenters. The summed E-state index contributed by atoms with van der Waals surface area (Å²) in [6.07, 6.45) is -1.24. The molecule has 32 heavy (non-hydrogen) atoms. The number of anilines is 1. The summed E-state index contributed by atoms with van der Waals surface area (Å²) in [5.74, 6) is 0. The lowest BCUT2D eigenvalue weighted by Gasteiger charge is -2.24. The number of alkyl halides is 3. The van der Waals surface area contributed by atoms with E-state index in [0.717, 1.165) is 37.8 Å². The van der Waals surface area contributed by atoms with E-state index in [1.54, 1.807) is 0 Å². The predicted molar refractivity (Wildman–Crippen MR) is 107 cm³/mol. The molecule has 3 aliphatic rings. The molecular formula is C21H26F3N3O5. The standard InChI is InChI=1S/C21H26F3N3O5/c22-21(23,24)12-6-8-14(9-7-12)25-19(28)27-15-10-30-18-16(11-31-17(15)18)32-20(29)26-13-4-2-1-3-5-13/h6-9,13,15-18H,1-5,10-11H2,(H,26,29)(H2,25,27,28). The van der Waals surface area contributed by atoms with Crippen molar-refractivity contribution in [1.82, 2.24) is 10.6 Å². The van der Waals surface area contributed by atoms with Gasteiger partial charge in [0.25, 0.3) is 0 Å². The van der Waals surface area contributed by atoms with Crippen molar-refractivity contribution in [2.45, 2.75) is 68.7 Å². The number of hydrogen-bond acceptors (Lipinski definition) is 5. The van der Waals surface area contributed by atoms with Crippen molar-refractivity contribution >= 4 is 17.8 Å². The second-order valence-electron chi connectivity index (χ2n) is 8.30.